The van der Waals surface area contributed by atoms with Crippen LogP contribution in [0.2, 0.25) is 0 Å². The Morgan fingerprint density at radius 1 is 1.09 bits per heavy atom. The van der Waals surface area contributed by atoms with Gasteiger partial charge in [0, 0.05) is 0 Å². The van der Waals surface area contributed by atoms with Gasteiger partial charge in [-0.1, -0.05) is 48.0 Å². The minimum absolute atomic E-state index is 0.120. The van der Waals surface area contributed by atoms with Crippen LogP contribution in [0.3, 0.4) is 0 Å². The summed E-state index contributed by atoms with van der Waals surface area (Å²) in [5, 5.41) is 7.94. The van der Waals surface area contributed by atoms with E-state index in [2.05, 4.69) is 46.5 Å². The lowest BCUT2D eigenvalue weighted by Gasteiger charge is -2.28. The topological polar surface area (TPSA) is 93.8 Å². The van der Waals surface area contributed by atoms with Crippen LogP contribution in [-0.4, -0.2) is 24.9 Å². The number of aryl methyl sites for hydroxylation is 2. The molecule has 1 aliphatic rings. The van der Waals surface area contributed by atoms with Crippen LogP contribution in [0, 0.1) is 18.6 Å². The van der Waals surface area contributed by atoms with Gasteiger partial charge in [0.15, 0.2) is 5.11 Å². The molecule has 0 spiro atoms. The van der Waals surface area contributed by atoms with Gasteiger partial charge in [-0.25, -0.2) is 4.68 Å². The van der Waals surface area contributed by atoms with Gasteiger partial charge in [0.2, 0.25) is 16.5 Å². The maximum absolute atomic E-state index is 6.34. The van der Waals surface area contributed by atoms with Crippen molar-refractivity contribution >= 4 is 35.4 Å². The molecule has 4 N–H and O–H groups in total. The fourth-order valence-electron chi connectivity index (χ4n) is 4.05. The molecule has 160 valence electrons. The van der Waals surface area contributed by atoms with E-state index in [0.29, 0.717) is 17.6 Å². The zero-order valence-corrected chi connectivity index (χ0v) is 19.1. The lowest BCUT2D eigenvalue weighted by molar-refractivity contribution is 0.402. The van der Waals surface area contributed by atoms with Crippen molar-refractivity contribution in [3.05, 3.63) is 87.3 Å². The Balaban J connectivity index is 1.81. The van der Waals surface area contributed by atoms with Crippen molar-refractivity contribution in [2.75, 3.05) is 5.32 Å². The van der Waals surface area contributed by atoms with Gasteiger partial charge in [0.05, 0.1) is 28.4 Å². The molecular formula is C23H20N6OS2. The number of nitrogens with zero attached hydrogens (tertiary/aromatic N) is 3. The molecule has 0 amide bonds. The number of aromatic nitrogens is 4. The monoisotopic (exact) mass is 460 g/mol. The van der Waals surface area contributed by atoms with E-state index < -0.39 is 0 Å². The van der Waals surface area contributed by atoms with Crippen molar-refractivity contribution in [2.24, 2.45) is 5.73 Å². The zero-order valence-electron chi connectivity index (χ0n) is 17.4. The first-order valence-corrected chi connectivity index (χ1v) is 10.8. The SMILES string of the molecule is Cc1ccc(C2c3c(nc(=S)[nH]c3NC(N)=S)Oc3c2c(C)nn3-c2ccccc2)cc1. The summed E-state index contributed by atoms with van der Waals surface area (Å²) in [5.74, 6) is 1.35. The summed E-state index contributed by atoms with van der Waals surface area (Å²) in [7, 11) is 0. The van der Waals surface area contributed by atoms with E-state index in [1.54, 1.807) is 4.68 Å². The fraction of sp³-hybridized carbons (Fsp3) is 0.130. The Morgan fingerprint density at radius 2 is 1.81 bits per heavy atom. The minimum Gasteiger partial charge on any atom is -0.420 e. The highest BCUT2D eigenvalue weighted by atomic mass is 32.1. The van der Waals surface area contributed by atoms with E-state index in [-0.39, 0.29) is 15.8 Å². The van der Waals surface area contributed by atoms with E-state index in [9.17, 15) is 0 Å². The number of fused-ring (bicyclic) bond motifs is 2. The van der Waals surface area contributed by atoms with E-state index in [4.69, 9.17) is 40.0 Å². The predicted molar refractivity (Wildman–Crippen MR) is 130 cm³/mol. The second-order valence-electron chi connectivity index (χ2n) is 7.62. The van der Waals surface area contributed by atoms with Crippen LogP contribution in [0.25, 0.3) is 5.69 Å². The van der Waals surface area contributed by atoms with Gasteiger partial charge in [0.25, 0.3) is 0 Å². The number of hydrogen-bond donors (Lipinski definition) is 3. The first-order valence-electron chi connectivity index (χ1n) is 10.0. The first kappa shape index (κ1) is 20.3. The fourth-order valence-corrected chi connectivity index (χ4v) is 4.34. The van der Waals surface area contributed by atoms with Gasteiger partial charge < -0.3 is 20.8 Å². The van der Waals surface area contributed by atoms with Crippen LogP contribution < -0.4 is 15.8 Å². The second kappa shape index (κ2) is 7.85. The van der Waals surface area contributed by atoms with Crippen molar-refractivity contribution in [2.45, 2.75) is 19.8 Å². The largest absolute Gasteiger partial charge is 0.420 e. The highest BCUT2D eigenvalue weighted by Gasteiger charge is 2.38. The van der Waals surface area contributed by atoms with Crippen molar-refractivity contribution in [3.8, 4) is 17.4 Å². The van der Waals surface area contributed by atoms with Gasteiger partial charge in [0.1, 0.15) is 5.82 Å². The summed E-state index contributed by atoms with van der Waals surface area (Å²) in [6, 6.07) is 18.2. The van der Waals surface area contributed by atoms with E-state index >= 15 is 0 Å². The molecule has 3 heterocycles. The second-order valence-corrected chi connectivity index (χ2v) is 8.45. The van der Waals surface area contributed by atoms with Gasteiger partial charge >= 0.3 is 0 Å². The van der Waals surface area contributed by atoms with Gasteiger partial charge in [-0.3, -0.25) is 0 Å². The molecule has 2 aromatic heterocycles. The lowest BCUT2D eigenvalue weighted by Crippen LogP contribution is -2.24. The molecule has 9 heteroatoms. The average Bonchev–Trinajstić information content (AvgIpc) is 3.09. The molecule has 4 aromatic rings. The van der Waals surface area contributed by atoms with Crippen molar-refractivity contribution in [1.82, 2.24) is 19.7 Å². The Labute approximate surface area is 195 Å². The van der Waals surface area contributed by atoms with Gasteiger partial charge in [-0.05, 0) is 56.0 Å². The molecular weight excluding hydrogens is 440 g/mol. The van der Waals surface area contributed by atoms with E-state index in [1.807, 2.05) is 37.3 Å². The molecule has 5 rings (SSSR count). The van der Waals surface area contributed by atoms with Crippen molar-refractivity contribution in [3.63, 3.8) is 0 Å². The maximum Gasteiger partial charge on any atom is 0.231 e. The van der Waals surface area contributed by atoms with Crippen LogP contribution in [0.4, 0.5) is 5.82 Å². The van der Waals surface area contributed by atoms with Crippen LogP contribution >= 0.6 is 24.4 Å². The molecule has 0 saturated carbocycles. The number of hydrogen-bond acceptors (Lipinski definition) is 5. The number of para-hydroxylation sites is 1. The van der Waals surface area contributed by atoms with Gasteiger partial charge in [-0.2, -0.15) is 10.1 Å². The molecule has 1 aliphatic heterocycles. The molecule has 0 aliphatic carbocycles. The van der Waals surface area contributed by atoms with E-state index in [0.717, 1.165) is 28.1 Å². The number of rotatable bonds is 3. The predicted octanol–water partition coefficient (Wildman–Crippen LogP) is 4.88. The lowest BCUT2D eigenvalue weighted by atomic mass is 9.84. The summed E-state index contributed by atoms with van der Waals surface area (Å²) in [6.45, 7) is 4.04. The number of thiocarbonyl (C=S) groups is 1. The smallest absolute Gasteiger partial charge is 0.231 e. The minimum atomic E-state index is -0.219. The molecule has 0 saturated heterocycles. The summed E-state index contributed by atoms with van der Waals surface area (Å²) >= 11 is 10.5. The Bertz CT molecular complexity index is 1390. The molecule has 1 unspecified atom stereocenters. The number of anilines is 1. The summed E-state index contributed by atoms with van der Waals surface area (Å²) < 4.78 is 8.40. The molecule has 32 heavy (non-hydrogen) atoms. The van der Waals surface area contributed by atoms with Crippen LogP contribution in [0.1, 0.15) is 33.9 Å². The molecule has 1 atom stereocenters. The molecule has 0 radical (unpaired) electrons. The van der Waals surface area contributed by atoms with Crippen molar-refractivity contribution < 1.29 is 4.74 Å². The quantitative estimate of drug-likeness (QED) is 0.330. The van der Waals surface area contributed by atoms with Crippen LogP contribution in [0.15, 0.2) is 54.6 Å². The molecule has 7 nitrogen and oxygen atoms in total. The summed E-state index contributed by atoms with van der Waals surface area (Å²) in [6.07, 6.45) is 0. The van der Waals surface area contributed by atoms with E-state index in [1.165, 1.54) is 5.56 Å². The average molecular weight is 461 g/mol. The van der Waals surface area contributed by atoms with Crippen LogP contribution in [-0.2, 0) is 0 Å². The van der Waals surface area contributed by atoms with Crippen LogP contribution in [0.5, 0.6) is 11.8 Å². The Hall–Kier alpha value is -3.56. The highest BCUT2D eigenvalue weighted by Crippen LogP contribution is 2.50. The number of nitrogens with two attached hydrogens (primary N) is 1. The van der Waals surface area contributed by atoms with Gasteiger partial charge in [-0.15, -0.1) is 0 Å². The third kappa shape index (κ3) is 3.45. The van der Waals surface area contributed by atoms with Crippen molar-refractivity contribution in [1.29, 1.82) is 0 Å². The number of H-pyrrole nitrogens is 1. The molecule has 0 bridgehead atoms. The standard InChI is InChI=1S/C23H20N6OS2/c1-12-8-10-14(11-9-12)17-16-13(2)28-29(15-6-4-3-5-7-15)21(16)30-20-18(17)19(25-22(24)31)26-23(32)27-20/h3-11,17H,1-2H3,(H4,24,25,26,27,31,32). The Morgan fingerprint density at radius 3 is 2.50 bits per heavy atom. The summed E-state index contributed by atoms with van der Waals surface area (Å²) in [4.78, 5) is 7.57. The number of aromatic amines is 1. The maximum atomic E-state index is 6.34. The molecule has 0 fully saturated rings. The third-order valence-electron chi connectivity index (χ3n) is 5.43. The zero-order chi connectivity index (χ0) is 22.4. The summed E-state index contributed by atoms with van der Waals surface area (Å²) in [5.41, 5.74) is 11.5. The third-order valence-corrected chi connectivity index (χ3v) is 5.72. The number of benzene rings is 2. The number of ether oxygens (including phenoxy) is 1. The number of nitrogens with one attached hydrogen (secondary N) is 2. The first-order chi connectivity index (χ1) is 15.4. The highest BCUT2D eigenvalue weighted by molar-refractivity contribution is 7.80. The Kier molecular flexibility index (Phi) is 4.99. The normalized spacial score (nSPS) is 14.2. The molecule has 2 aromatic carbocycles.